The molecule has 0 spiro atoms. The molecule has 0 saturated carbocycles. The minimum atomic E-state index is -0.505. The molecule has 1 fully saturated rings. The molecule has 1 saturated heterocycles. The highest BCUT2D eigenvalue weighted by atomic mass is 32.1. The van der Waals surface area contributed by atoms with Crippen LogP contribution in [0.15, 0.2) is 6.20 Å². The molecule has 2 amide bonds. The Morgan fingerprint density at radius 3 is 2.84 bits per heavy atom. The Labute approximate surface area is 192 Å². The van der Waals surface area contributed by atoms with E-state index in [9.17, 15) is 9.59 Å². The molecule has 172 valence electrons. The number of hydrogen-bond acceptors (Lipinski definition) is 8. The molecule has 1 aliphatic carbocycles. The van der Waals surface area contributed by atoms with Crippen molar-refractivity contribution in [2.75, 3.05) is 29.9 Å². The second-order valence-corrected chi connectivity index (χ2v) is 10.4. The number of carbonyl (C=O) groups excluding carboxylic acids is 2. The molecule has 1 unspecified atom stereocenters. The first-order chi connectivity index (χ1) is 15.2. The summed E-state index contributed by atoms with van der Waals surface area (Å²) in [5.74, 6) is 0.883. The number of carbonyl (C=O) groups is 2. The summed E-state index contributed by atoms with van der Waals surface area (Å²) in [5.41, 5.74) is 2.50. The maximum absolute atomic E-state index is 12.0. The minimum Gasteiger partial charge on any atom is -0.444 e. The van der Waals surface area contributed by atoms with Crippen LogP contribution in [0.2, 0.25) is 0 Å². The molecular weight excluding hydrogens is 428 g/mol. The van der Waals surface area contributed by atoms with Crippen molar-refractivity contribution in [3.63, 3.8) is 0 Å². The lowest BCUT2D eigenvalue weighted by atomic mass is 9.98. The summed E-state index contributed by atoms with van der Waals surface area (Å²) in [4.78, 5) is 40.7. The Bertz CT molecular complexity index is 1020. The van der Waals surface area contributed by atoms with Crippen LogP contribution in [0.1, 0.15) is 51.8 Å². The maximum Gasteiger partial charge on any atom is 0.407 e. The molecule has 2 aliphatic rings. The van der Waals surface area contributed by atoms with E-state index in [1.54, 1.807) is 0 Å². The zero-order valence-corrected chi connectivity index (χ0v) is 19.8. The third-order valence-corrected chi connectivity index (χ3v) is 6.43. The van der Waals surface area contributed by atoms with Gasteiger partial charge < -0.3 is 20.3 Å². The van der Waals surface area contributed by atoms with Crippen LogP contribution in [0.5, 0.6) is 0 Å². The highest BCUT2D eigenvalue weighted by Gasteiger charge is 2.27. The van der Waals surface area contributed by atoms with Crippen molar-refractivity contribution in [3.05, 3.63) is 17.5 Å². The fourth-order valence-corrected chi connectivity index (χ4v) is 5.13. The zero-order valence-electron chi connectivity index (χ0n) is 19.0. The summed E-state index contributed by atoms with van der Waals surface area (Å²) < 4.78 is 5.34. The summed E-state index contributed by atoms with van der Waals surface area (Å²) in [7, 11) is 0. The third kappa shape index (κ3) is 5.35. The lowest BCUT2D eigenvalue weighted by Crippen LogP contribution is -2.42. The van der Waals surface area contributed by atoms with E-state index in [4.69, 9.17) is 9.72 Å². The fourth-order valence-electron chi connectivity index (χ4n) is 4.05. The van der Waals surface area contributed by atoms with E-state index in [-0.39, 0.29) is 12.0 Å². The molecule has 0 aromatic carbocycles. The summed E-state index contributed by atoms with van der Waals surface area (Å²) in [6.07, 6.45) is 5.25. The SMILES string of the molecule is CC(=O)Nc1nc2c(s1)-c1nc(N3CCCC(CNC(=O)OC(C)(C)C)C3)ncc1CC2. The molecule has 2 N–H and O–H groups in total. The van der Waals surface area contributed by atoms with Crippen LogP contribution in [0.3, 0.4) is 0 Å². The van der Waals surface area contributed by atoms with Gasteiger partial charge in [-0.2, -0.15) is 0 Å². The zero-order chi connectivity index (χ0) is 22.9. The van der Waals surface area contributed by atoms with Gasteiger partial charge in [-0.25, -0.2) is 19.7 Å². The van der Waals surface area contributed by atoms with Crippen LogP contribution in [-0.4, -0.2) is 52.2 Å². The first-order valence-corrected chi connectivity index (χ1v) is 11.8. The van der Waals surface area contributed by atoms with Gasteiger partial charge in [-0.05, 0) is 57.9 Å². The van der Waals surface area contributed by atoms with Gasteiger partial charge in [0.1, 0.15) is 5.60 Å². The number of piperidine rings is 1. The number of hydrogen-bond donors (Lipinski definition) is 2. The highest BCUT2D eigenvalue weighted by molar-refractivity contribution is 7.19. The lowest BCUT2D eigenvalue weighted by molar-refractivity contribution is -0.114. The van der Waals surface area contributed by atoms with Crippen LogP contribution >= 0.6 is 11.3 Å². The van der Waals surface area contributed by atoms with Crippen LogP contribution in [0.4, 0.5) is 15.9 Å². The van der Waals surface area contributed by atoms with Gasteiger partial charge in [0.05, 0.1) is 16.3 Å². The smallest absolute Gasteiger partial charge is 0.407 e. The number of nitrogens with one attached hydrogen (secondary N) is 2. The minimum absolute atomic E-state index is 0.126. The van der Waals surface area contributed by atoms with E-state index in [0.29, 0.717) is 23.5 Å². The van der Waals surface area contributed by atoms with Crippen molar-refractivity contribution in [1.82, 2.24) is 20.3 Å². The number of thiazole rings is 1. The van der Waals surface area contributed by atoms with Crippen LogP contribution in [-0.2, 0) is 22.4 Å². The molecule has 1 atom stereocenters. The van der Waals surface area contributed by atoms with Gasteiger partial charge in [0.15, 0.2) is 5.13 Å². The van der Waals surface area contributed by atoms with E-state index in [2.05, 4.69) is 25.5 Å². The number of amides is 2. The monoisotopic (exact) mass is 458 g/mol. The fraction of sp³-hybridized carbons (Fsp3) is 0.591. The molecule has 1 aliphatic heterocycles. The first kappa shape index (κ1) is 22.4. The number of aryl methyl sites for hydroxylation is 2. The summed E-state index contributed by atoms with van der Waals surface area (Å²) in [5, 5.41) is 6.29. The number of aromatic nitrogens is 3. The van der Waals surface area contributed by atoms with Gasteiger partial charge >= 0.3 is 6.09 Å². The quantitative estimate of drug-likeness (QED) is 0.723. The Morgan fingerprint density at radius 1 is 1.28 bits per heavy atom. The highest BCUT2D eigenvalue weighted by Crippen LogP contribution is 2.39. The van der Waals surface area contributed by atoms with E-state index >= 15 is 0 Å². The molecular formula is C22H30N6O3S. The van der Waals surface area contributed by atoms with Crippen molar-refractivity contribution in [2.45, 2.75) is 59.0 Å². The largest absolute Gasteiger partial charge is 0.444 e. The van der Waals surface area contributed by atoms with E-state index in [0.717, 1.165) is 60.6 Å². The molecule has 0 radical (unpaired) electrons. The van der Waals surface area contributed by atoms with Crippen LogP contribution < -0.4 is 15.5 Å². The van der Waals surface area contributed by atoms with Crippen molar-refractivity contribution >= 4 is 34.4 Å². The number of anilines is 2. The van der Waals surface area contributed by atoms with E-state index < -0.39 is 5.60 Å². The second kappa shape index (κ2) is 9.01. The Morgan fingerprint density at radius 2 is 2.09 bits per heavy atom. The van der Waals surface area contributed by atoms with Crippen molar-refractivity contribution < 1.29 is 14.3 Å². The van der Waals surface area contributed by atoms with Crippen molar-refractivity contribution in [3.8, 4) is 10.6 Å². The summed E-state index contributed by atoms with van der Waals surface area (Å²) in [6.45, 7) is 9.28. The van der Waals surface area contributed by atoms with Gasteiger partial charge in [-0.1, -0.05) is 11.3 Å². The standard InChI is InChI=1S/C22H30N6O3S/c1-13(29)25-20-26-16-8-7-15-11-23-19(27-17(15)18(16)32-20)28-9-5-6-14(12-28)10-24-21(30)31-22(2,3)4/h11,14H,5-10,12H2,1-4H3,(H,24,30)(H,25,26,29). The molecule has 32 heavy (non-hydrogen) atoms. The summed E-state index contributed by atoms with van der Waals surface area (Å²) in [6, 6.07) is 0. The second-order valence-electron chi connectivity index (χ2n) is 9.36. The first-order valence-electron chi connectivity index (χ1n) is 11.0. The molecule has 2 aromatic rings. The average Bonchev–Trinajstić information content (AvgIpc) is 3.13. The number of rotatable bonds is 4. The molecule has 0 bridgehead atoms. The Kier molecular flexibility index (Phi) is 6.32. The van der Waals surface area contributed by atoms with Gasteiger partial charge in [0, 0.05) is 32.8 Å². The Hall–Kier alpha value is -2.75. The van der Waals surface area contributed by atoms with Crippen molar-refractivity contribution in [1.29, 1.82) is 0 Å². The number of nitrogens with zero attached hydrogens (tertiary/aromatic N) is 4. The predicted molar refractivity (Wildman–Crippen MR) is 124 cm³/mol. The molecule has 3 heterocycles. The van der Waals surface area contributed by atoms with E-state index in [1.807, 2.05) is 27.0 Å². The number of fused-ring (bicyclic) bond motifs is 3. The molecule has 9 nitrogen and oxygen atoms in total. The normalized spacial score (nSPS) is 17.9. The van der Waals surface area contributed by atoms with Gasteiger partial charge in [0.2, 0.25) is 11.9 Å². The van der Waals surface area contributed by atoms with Gasteiger partial charge in [0.25, 0.3) is 0 Å². The predicted octanol–water partition coefficient (Wildman–Crippen LogP) is 3.40. The number of alkyl carbamates (subject to hydrolysis) is 1. The molecule has 4 rings (SSSR count). The van der Waals surface area contributed by atoms with Crippen LogP contribution in [0, 0.1) is 5.92 Å². The van der Waals surface area contributed by atoms with Crippen LogP contribution in [0.25, 0.3) is 10.6 Å². The third-order valence-electron chi connectivity index (χ3n) is 5.41. The van der Waals surface area contributed by atoms with Gasteiger partial charge in [-0.3, -0.25) is 4.79 Å². The lowest BCUT2D eigenvalue weighted by Gasteiger charge is -2.33. The average molecular weight is 459 g/mol. The topological polar surface area (TPSA) is 109 Å². The molecule has 2 aromatic heterocycles. The van der Waals surface area contributed by atoms with Gasteiger partial charge in [-0.15, -0.1) is 0 Å². The number of ether oxygens (including phenoxy) is 1. The van der Waals surface area contributed by atoms with Crippen molar-refractivity contribution in [2.24, 2.45) is 5.92 Å². The summed E-state index contributed by atoms with van der Waals surface area (Å²) >= 11 is 1.46. The Balaban J connectivity index is 1.45. The van der Waals surface area contributed by atoms with E-state index in [1.165, 1.54) is 18.3 Å². The maximum atomic E-state index is 12.0. The molecule has 10 heteroatoms.